The van der Waals surface area contributed by atoms with Crippen LogP contribution in [-0.2, 0) is 4.84 Å². The lowest BCUT2D eigenvalue weighted by Gasteiger charge is -2.15. The summed E-state index contributed by atoms with van der Waals surface area (Å²) in [5.74, 6) is 0.220. The Hall–Kier alpha value is -1.35. The molecule has 0 aromatic heterocycles. The second-order valence-corrected chi connectivity index (χ2v) is 4.06. The summed E-state index contributed by atoms with van der Waals surface area (Å²) < 4.78 is 0. The van der Waals surface area contributed by atoms with Crippen LogP contribution in [0.5, 0.6) is 0 Å². The molecule has 1 aliphatic rings. The Morgan fingerprint density at radius 1 is 1.31 bits per heavy atom. The van der Waals surface area contributed by atoms with Crippen molar-refractivity contribution in [1.29, 1.82) is 0 Å². The minimum atomic E-state index is -0.171. The van der Waals surface area contributed by atoms with Gasteiger partial charge in [0.1, 0.15) is 0 Å². The number of aliphatic hydroxyl groups excluding tert-OH is 1. The standard InChI is InChI=1S/C13H17NO2/c1-2-6-11-12(9-15)16-14-13(11)10-7-4-3-5-8-10/h3-5,7-8,11-12,15H,2,6,9H2,1H3/t11-,12-/m1/s1. The van der Waals surface area contributed by atoms with Crippen LogP contribution in [0.4, 0.5) is 0 Å². The second-order valence-electron chi connectivity index (χ2n) is 4.06. The Morgan fingerprint density at radius 2 is 2.06 bits per heavy atom. The Bertz CT molecular complexity index is 361. The van der Waals surface area contributed by atoms with Gasteiger partial charge in [0, 0.05) is 5.92 Å². The predicted octanol–water partition coefficient (Wildman–Crippen LogP) is 2.20. The first-order valence-corrected chi connectivity index (χ1v) is 5.76. The molecule has 86 valence electrons. The van der Waals surface area contributed by atoms with Crippen LogP contribution in [0.2, 0.25) is 0 Å². The average Bonchev–Trinajstić information content (AvgIpc) is 2.74. The fourth-order valence-corrected chi connectivity index (χ4v) is 2.11. The molecule has 0 saturated carbocycles. The zero-order chi connectivity index (χ0) is 11.4. The Kier molecular flexibility index (Phi) is 3.57. The number of aliphatic hydroxyl groups is 1. The third kappa shape index (κ3) is 2.09. The van der Waals surface area contributed by atoms with Crippen LogP contribution < -0.4 is 0 Å². The van der Waals surface area contributed by atoms with Crippen molar-refractivity contribution in [2.45, 2.75) is 25.9 Å². The quantitative estimate of drug-likeness (QED) is 0.843. The summed E-state index contributed by atoms with van der Waals surface area (Å²) in [5, 5.41) is 13.3. The maximum atomic E-state index is 9.23. The van der Waals surface area contributed by atoms with Gasteiger partial charge in [0.25, 0.3) is 0 Å². The molecule has 0 saturated heterocycles. The van der Waals surface area contributed by atoms with E-state index >= 15 is 0 Å². The number of hydrogen-bond donors (Lipinski definition) is 1. The molecule has 16 heavy (non-hydrogen) atoms. The van der Waals surface area contributed by atoms with Crippen LogP contribution in [-0.4, -0.2) is 23.5 Å². The molecule has 0 fully saturated rings. The van der Waals surface area contributed by atoms with Gasteiger partial charge < -0.3 is 9.94 Å². The van der Waals surface area contributed by atoms with E-state index in [1.165, 1.54) is 0 Å². The van der Waals surface area contributed by atoms with Crippen molar-refractivity contribution in [3.8, 4) is 0 Å². The highest BCUT2D eigenvalue weighted by Gasteiger charge is 2.33. The molecule has 2 rings (SSSR count). The van der Waals surface area contributed by atoms with Gasteiger partial charge >= 0.3 is 0 Å². The Morgan fingerprint density at radius 3 is 2.69 bits per heavy atom. The third-order valence-corrected chi connectivity index (χ3v) is 2.94. The van der Waals surface area contributed by atoms with Crippen molar-refractivity contribution in [2.75, 3.05) is 6.61 Å². The van der Waals surface area contributed by atoms with Crippen molar-refractivity contribution in [3.63, 3.8) is 0 Å². The van der Waals surface area contributed by atoms with Crippen LogP contribution in [0, 0.1) is 5.92 Å². The molecule has 1 aromatic rings. The molecule has 1 aliphatic heterocycles. The third-order valence-electron chi connectivity index (χ3n) is 2.94. The second kappa shape index (κ2) is 5.12. The summed E-state index contributed by atoms with van der Waals surface area (Å²) >= 11 is 0. The van der Waals surface area contributed by atoms with Crippen LogP contribution in [0.3, 0.4) is 0 Å². The number of hydrogen-bond acceptors (Lipinski definition) is 3. The summed E-state index contributed by atoms with van der Waals surface area (Å²) in [6.07, 6.45) is 1.89. The first-order chi connectivity index (χ1) is 7.86. The number of nitrogens with zero attached hydrogens (tertiary/aromatic N) is 1. The smallest absolute Gasteiger partial charge is 0.158 e. The van der Waals surface area contributed by atoms with E-state index in [9.17, 15) is 5.11 Å². The SMILES string of the molecule is CCC[C@H]1C(c2ccccc2)=NO[C@@H]1CO. The molecule has 0 aliphatic carbocycles. The van der Waals surface area contributed by atoms with Gasteiger partial charge in [-0.2, -0.15) is 0 Å². The average molecular weight is 219 g/mol. The Labute approximate surface area is 95.7 Å². The molecular formula is C13H17NO2. The van der Waals surface area contributed by atoms with Crippen LogP contribution in [0.15, 0.2) is 35.5 Å². The normalized spacial score (nSPS) is 24.0. The molecule has 1 N–H and O–H groups in total. The number of rotatable bonds is 4. The van der Waals surface area contributed by atoms with E-state index in [1.54, 1.807) is 0 Å². The van der Waals surface area contributed by atoms with Gasteiger partial charge in [0.05, 0.1) is 12.3 Å². The van der Waals surface area contributed by atoms with Crippen molar-refractivity contribution in [2.24, 2.45) is 11.1 Å². The molecule has 3 nitrogen and oxygen atoms in total. The zero-order valence-corrected chi connectivity index (χ0v) is 9.47. The molecule has 2 atom stereocenters. The molecule has 0 amide bonds. The molecule has 0 spiro atoms. The lowest BCUT2D eigenvalue weighted by atomic mass is 9.89. The number of benzene rings is 1. The molecule has 0 radical (unpaired) electrons. The van der Waals surface area contributed by atoms with E-state index < -0.39 is 0 Å². The summed E-state index contributed by atoms with van der Waals surface area (Å²) in [7, 11) is 0. The highest BCUT2D eigenvalue weighted by Crippen LogP contribution is 2.26. The zero-order valence-electron chi connectivity index (χ0n) is 9.47. The summed E-state index contributed by atoms with van der Waals surface area (Å²) in [4.78, 5) is 5.27. The van der Waals surface area contributed by atoms with Crippen molar-refractivity contribution >= 4 is 5.71 Å². The fraction of sp³-hybridized carbons (Fsp3) is 0.462. The van der Waals surface area contributed by atoms with Gasteiger partial charge in [0.2, 0.25) is 0 Å². The maximum absolute atomic E-state index is 9.23. The maximum Gasteiger partial charge on any atom is 0.158 e. The van der Waals surface area contributed by atoms with Crippen molar-refractivity contribution in [1.82, 2.24) is 0 Å². The minimum absolute atomic E-state index is 0.0322. The lowest BCUT2D eigenvalue weighted by Crippen LogP contribution is -2.27. The lowest BCUT2D eigenvalue weighted by molar-refractivity contribution is 0.0162. The van der Waals surface area contributed by atoms with Crippen LogP contribution in [0.1, 0.15) is 25.3 Å². The van der Waals surface area contributed by atoms with Crippen molar-refractivity contribution in [3.05, 3.63) is 35.9 Å². The van der Waals surface area contributed by atoms with Gasteiger partial charge in [-0.1, -0.05) is 48.8 Å². The van der Waals surface area contributed by atoms with E-state index in [1.807, 2.05) is 30.3 Å². The molecular weight excluding hydrogens is 202 g/mol. The molecule has 0 bridgehead atoms. The fourth-order valence-electron chi connectivity index (χ4n) is 2.11. The Balaban J connectivity index is 2.21. The largest absolute Gasteiger partial charge is 0.392 e. The highest BCUT2D eigenvalue weighted by atomic mass is 16.6. The van der Waals surface area contributed by atoms with Gasteiger partial charge in [-0.3, -0.25) is 0 Å². The van der Waals surface area contributed by atoms with Gasteiger partial charge in [-0.15, -0.1) is 0 Å². The highest BCUT2D eigenvalue weighted by molar-refractivity contribution is 6.03. The summed E-state index contributed by atoms with van der Waals surface area (Å²) in [6.45, 7) is 2.17. The van der Waals surface area contributed by atoms with Gasteiger partial charge in [0.15, 0.2) is 6.10 Å². The summed E-state index contributed by atoms with van der Waals surface area (Å²) in [6, 6.07) is 10.0. The van der Waals surface area contributed by atoms with Crippen LogP contribution in [0.25, 0.3) is 0 Å². The minimum Gasteiger partial charge on any atom is -0.392 e. The van der Waals surface area contributed by atoms with Crippen molar-refractivity contribution < 1.29 is 9.94 Å². The van der Waals surface area contributed by atoms with E-state index in [4.69, 9.17) is 4.84 Å². The first kappa shape index (κ1) is 11.1. The van der Waals surface area contributed by atoms with E-state index in [0.717, 1.165) is 24.1 Å². The molecule has 0 unspecified atom stereocenters. The van der Waals surface area contributed by atoms with E-state index in [2.05, 4.69) is 12.1 Å². The monoisotopic (exact) mass is 219 g/mol. The van der Waals surface area contributed by atoms with Gasteiger partial charge in [-0.25, -0.2) is 0 Å². The van der Waals surface area contributed by atoms with E-state index in [0.29, 0.717) is 0 Å². The van der Waals surface area contributed by atoms with Gasteiger partial charge in [-0.05, 0) is 12.0 Å². The molecule has 3 heteroatoms. The predicted molar refractivity (Wildman–Crippen MR) is 63.3 cm³/mol. The summed E-state index contributed by atoms with van der Waals surface area (Å²) in [5.41, 5.74) is 2.07. The first-order valence-electron chi connectivity index (χ1n) is 5.76. The van der Waals surface area contributed by atoms with E-state index in [-0.39, 0.29) is 18.6 Å². The number of oxime groups is 1. The molecule has 1 heterocycles. The topological polar surface area (TPSA) is 41.8 Å². The van der Waals surface area contributed by atoms with Crippen LogP contribution >= 0.6 is 0 Å². The molecule has 1 aromatic carbocycles.